The third-order valence-corrected chi connectivity index (χ3v) is 9.53. The average Bonchev–Trinajstić information content (AvgIpc) is 3.50. The van der Waals surface area contributed by atoms with E-state index in [-0.39, 0.29) is 29.6 Å². The molecule has 3 fully saturated rings. The van der Waals surface area contributed by atoms with Crippen LogP contribution in [0.5, 0.6) is 11.8 Å². The second kappa shape index (κ2) is 10.5. The molecule has 0 amide bonds. The van der Waals surface area contributed by atoms with Crippen LogP contribution < -0.4 is 9.64 Å². The maximum Gasteiger partial charge on any atom is 0.319 e. The molecule has 3 aliphatic heterocycles. The van der Waals surface area contributed by atoms with Gasteiger partial charge in [0, 0.05) is 37.8 Å². The van der Waals surface area contributed by atoms with Crippen LogP contribution in [0.25, 0.3) is 32.9 Å². The number of aryl methyl sites for hydroxylation is 1. The minimum Gasteiger partial charge on any atom is -0.508 e. The summed E-state index contributed by atoms with van der Waals surface area (Å²) in [6, 6.07) is 9.03. The predicted molar refractivity (Wildman–Crippen MR) is 162 cm³/mol. The highest BCUT2D eigenvalue weighted by molar-refractivity contribution is 6.01. The van der Waals surface area contributed by atoms with Crippen molar-refractivity contribution in [3.05, 3.63) is 47.9 Å². The Hall–Kier alpha value is -3.63. The predicted octanol–water partition coefficient (Wildman–Crippen LogP) is 5.56. The van der Waals surface area contributed by atoms with Gasteiger partial charge in [0.25, 0.3) is 0 Å². The maximum absolute atomic E-state index is 16.7. The van der Waals surface area contributed by atoms with Crippen LogP contribution in [0, 0.1) is 5.82 Å². The zero-order valence-corrected chi connectivity index (χ0v) is 24.6. The summed E-state index contributed by atoms with van der Waals surface area (Å²) in [5, 5.41) is 23.5. The molecule has 43 heavy (non-hydrogen) atoms. The topological polar surface area (TPSA) is 94.8 Å². The fourth-order valence-electron chi connectivity index (χ4n) is 7.53. The molecule has 3 aliphatic rings. The van der Waals surface area contributed by atoms with Gasteiger partial charge < -0.3 is 19.8 Å². The summed E-state index contributed by atoms with van der Waals surface area (Å²) < 4.78 is 37.4. The standard InChI is InChI=1S/C33H37F2N5O3/c1-3-20-7-4-8-21-13-23(41)14-24(26(20)21)28-27(35)29-25(16-36-28)30(39-11-5-9-32(2,42)18-39)38-31(37-29)43-19-33-10-6-12-40(33)17-22(34)15-33/h4,7-8,13-14,16,22,41-42H,3,5-6,9-12,15,17-19H2,1-2H3/t22-,32-,33+/m1/s1. The molecule has 5 heterocycles. The summed E-state index contributed by atoms with van der Waals surface area (Å²) in [5.41, 5.74) is 0.285. The lowest BCUT2D eigenvalue weighted by Crippen LogP contribution is -2.46. The van der Waals surface area contributed by atoms with Gasteiger partial charge in [0.05, 0.1) is 16.5 Å². The lowest BCUT2D eigenvalue weighted by atomic mass is 9.94. The molecule has 2 aromatic carbocycles. The number of aliphatic hydroxyl groups is 1. The highest BCUT2D eigenvalue weighted by Gasteiger charge is 2.49. The van der Waals surface area contributed by atoms with Crippen LogP contribution in [0.4, 0.5) is 14.6 Å². The number of halogens is 2. The monoisotopic (exact) mass is 589 g/mol. The number of fused-ring (bicyclic) bond motifs is 3. The molecule has 226 valence electrons. The van der Waals surface area contributed by atoms with E-state index in [0.717, 1.165) is 48.6 Å². The van der Waals surface area contributed by atoms with Gasteiger partial charge in [0.2, 0.25) is 0 Å². The minimum absolute atomic E-state index is 0.0160. The van der Waals surface area contributed by atoms with Crippen LogP contribution in [-0.4, -0.2) is 80.2 Å². The number of aromatic hydroxyl groups is 1. The van der Waals surface area contributed by atoms with Crippen LogP contribution in [0.1, 0.15) is 51.5 Å². The molecule has 3 atom stereocenters. The van der Waals surface area contributed by atoms with Crippen molar-refractivity contribution < 1.29 is 23.7 Å². The quantitative estimate of drug-likeness (QED) is 0.302. The number of pyridine rings is 1. The Morgan fingerprint density at radius 1 is 1.14 bits per heavy atom. The maximum atomic E-state index is 16.7. The Bertz CT molecular complexity index is 1720. The molecule has 10 heteroatoms. The van der Waals surface area contributed by atoms with Crippen molar-refractivity contribution in [1.29, 1.82) is 0 Å². The van der Waals surface area contributed by atoms with E-state index in [9.17, 15) is 14.6 Å². The SMILES string of the molecule is CCc1cccc2cc(O)cc(-c3ncc4c(N5CCC[C@@](C)(O)C5)nc(OC[C@@]56CCCN5C[C@H](F)C6)nc4c3F)c12. The molecule has 0 bridgehead atoms. The Labute approximate surface area is 249 Å². The number of benzene rings is 2. The number of aromatic nitrogens is 3. The van der Waals surface area contributed by atoms with Crippen LogP contribution in [0.3, 0.4) is 0 Å². The number of anilines is 1. The summed E-state index contributed by atoms with van der Waals surface area (Å²) in [6.07, 6.45) is 5.00. The molecule has 0 unspecified atom stereocenters. The highest BCUT2D eigenvalue weighted by atomic mass is 19.1. The van der Waals surface area contributed by atoms with E-state index in [0.29, 0.717) is 49.2 Å². The fourth-order valence-corrected chi connectivity index (χ4v) is 7.53. The van der Waals surface area contributed by atoms with Gasteiger partial charge in [-0.2, -0.15) is 9.97 Å². The number of phenols is 1. The van der Waals surface area contributed by atoms with Crippen LogP contribution in [-0.2, 0) is 6.42 Å². The molecule has 2 aromatic heterocycles. The zero-order chi connectivity index (χ0) is 29.9. The van der Waals surface area contributed by atoms with Gasteiger partial charge in [-0.25, -0.2) is 8.78 Å². The van der Waals surface area contributed by atoms with Crippen molar-refractivity contribution in [2.45, 2.75) is 69.7 Å². The van der Waals surface area contributed by atoms with Gasteiger partial charge in [-0.15, -0.1) is 0 Å². The van der Waals surface area contributed by atoms with Gasteiger partial charge in [-0.3, -0.25) is 9.88 Å². The second-order valence-corrected chi connectivity index (χ2v) is 12.8. The Balaban J connectivity index is 1.37. The lowest BCUT2D eigenvalue weighted by molar-refractivity contribution is 0.0447. The van der Waals surface area contributed by atoms with Gasteiger partial charge in [-0.1, -0.05) is 25.1 Å². The summed E-state index contributed by atoms with van der Waals surface area (Å²) in [7, 11) is 0. The average molecular weight is 590 g/mol. The summed E-state index contributed by atoms with van der Waals surface area (Å²) in [4.78, 5) is 18.0. The van der Waals surface area contributed by atoms with Gasteiger partial charge in [0.1, 0.15) is 35.6 Å². The molecule has 0 spiro atoms. The van der Waals surface area contributed by atoms with E-state index in [4.69, 9.17) is 9.72 Å². The second-order valence-electron chi connectivity index (χ2n) is 12.8. The molecule has 0 radical (unpaired) electrons. The number of piperidine rings is 1. The summed E-state index contributed by atoms with van der Waals surface area (Å²) in [6.45, 7) is 6.22. The summed E-state index contributed by atoms with van der Waals surface area (Å²) in [5.74, 6) is -0.176. The smallest absolute Gasteiger partial charge is 0.319 e. The zero-order valence-electron chi connectivity index (χ0n) is 24.6. The number of rotatable bonds is 6. The van der Waals surface area contributed by atoms with Crippen LogP contribution >= 0.6 is 0 Å². The van der Waals surface area contributed by atoms with E-state index >= 15 is 4.39 Å². The van der Waals surface area contributed by atoms with E-state index in [1.807, 2.05) is 30.0 Å². The first-order valence-corrected chi connectivity index (χ1v) is 15.3. The molecule has 3 saturated heterocycles. The third kappa shape index (κ3) is 4.94. The van der Waals surface area contributed by atoms with Crippen molar-refractivity contribution in [3.63, 3.8) is 0 Å². The van der Waals surface area contributed by atoms with Crippen molar-refractivity contribution in [1.82, 2.24) is 19.9 Å². The number of ether oxygens (including phenoxy) is 1. The molecule has 0 saturated carbocycles. The Kier molecular flexibility index (Phi) is 6.89. The van der Waals surface area contributed by atoms with E-state index in [2.05, 4.69) is 14.9 Å². The Morgan fingerprint density at radius 2 is 1.98 bits per heavy atom. The first-order chi connectivity index (χ1) is 20.7. The van der Waals surface area contributed by atoms with Crippen molar-refractivity contribution in [2.75, 3.05) is 37.7 Å². The molecule has 8 nitrogen and oxygen atoms in total. The fraction of sp³-hybridized carbons (Fsp3) is 0.485. The number of nitrogens with zero attached hydrogens (tertiary/aromatic N) is 5. The van der Waals surface area contributed by atoms with Crippen molar-refractivity contribution in [3.8, 4) is 23.0 Å². The molecule has 2 N–H and O–H groups in total. The first kappa shape index (κ1) is 28.2. The van der Waals surface area contributed by atoms with Crippen molar-refractivity contribution in [2.24, 2.45) is 0 Å². The number of hydrogen-bond acceptors (Lipinski definition) is 8. The van der Waals surface area contributed by atoms with Crippen molar-refractivity contribution >= 4 is 27.5 Å². The number of hydrogen-bond donors (Lipinski definition) is 2. The number of alkyl halides is 1. The number of phenolic OH excluding ortho intramolecular Hbond substituents is 1. The molecule has 4 aromatic rings. The largest absolute Gasteiger partial charge is 0.508 e. The van der Waals surface area contributed by atoms with E-state index in [1.54, 1.807) is 25.3 Å². The number of β-amino-alcohol motifs (C(OH)–C–C–N with tert-alkyl or cyclic N) is 1. The normalized spacial score (nSPS) is 26.0. The first-order valence-electron chi connectivity index (χ1n) is 15.3. The van der Waals surface area contributed by atoms with E-state index in [1.165, 1.54) is 0 Å². The van der Waals surface area contributed by atoms with Gasteiger partial charge in [0.15, 0.2) is 5.82 Å². The minimum atomic E-state index is -0.928. The highest BCUT2D eigenvalue weighted by Crippen LogP contribution is 2.42. The van der Waals surface area contributed by atoms with Gasteiger partial charge >= 0.3 is 6.01 Å². The third-order valence-electron chi connectivity index (χ3n) is 9.53. The van der Waals surface area contributed by atoms with Crippen LogP contribution in [0.15, 0.2) is 36.5 Å². The summed E-state index contributed by atoms with van der Waals surface area (Å²) >= 11 is 0. The molecular formula is C33H37F2N5O3. The lowest BCUT2D eigenvalue weighted by Gasteiger charge is -2.38. The van der Waals surface area contributed by atoms with Gasteiger partial charge in [-0.05, 0) is 74.0 Å². The molecule has 0 aliphatic carbocycles. The van der Waals surface area contributed by atoms with Crippen LogP contribution in [0.2, 0.25) is 0 Å². The molecule has 7 rings (SSSR count). The Morgan fingerprint density at radius 3 is 2.79 bits per heavy atom. The van der Waals surface area contributed by atoms with E-state index < -0.39 is 23.1 Å². The molecular weight excluding hydrogens is 552 g/mol.